The third-order valence-corrected chi connectivity index (χ3v) is 4.21. The van der Waals surface area contributed by atoms with Gasteiger partial charge in [-0.15, -0.1) is 0 Å². The van der Waals surface area contributed by atoms with Gasteiger partial charge in [0.05, 0.1) is 17.6 Å². The molecular formula is C15H26N4. The van der Waals surface area contributed by atoms with Gasteiger partial charge < -0.3 is 15.1 Å². The van der Waals surface area contributed by atoms with Crippen LogP contribution in [0.25, 0.3) is 0 Å². The van der Waals surface area contributed by atoms with E-state index in [2.05, 4.69) is 53.3 Å². The number of hydrogen-bond acceptors (Lipinski definition) is 4. The minimum Gasteiger partial charge on any atom is -0.370 e. The molecule has 106 valence electrons. The summed E-state index contributed by atoms with van der Waals surface area (Å²) < 4.78 is 0. The molecule has 4 heteroatoms. The van der Waals surface area contributed by atoms with E-state index in [1.165, 1.54) is 18.5 Å². The van der Waals surface area contributed by atoms with Crippen molar-refractivity contribution in [3.8, 4) is 0 Å². The van der Waals surface area contributed by atoms with E-state index < -0.39 is 0 Å². The van der Waals surface area contributed by atoms with Gasteiger partial charge in [-0.2, -0.15) is 0 Å². The molecule has 1 N–H and O–H groups in total. The van der Waals surface area contributed by atoms with Crippen molar-refractivity contribution in [1.82, 2.24) is 15.2 Å². The van der Waals surface area contributed by atoms with Crippen molar-refractivity contribution in [2.45, 2.75) is 31.8 Å². The molecule has 4 nitrogen and oxygen atoms in total. The van der Waals surface area contributed by atoms with E-state index in [1.54, 1.807) is 0 Å². The first-order chi connectivity index (χ1) is 9.11. The number of nitrogens with zero attached hydrogens (tertiary/aromatic N) is 3. The number of nitrogens with one attached hydrogen (secondary N) is 1. The molecule has 19 heavy (non-hydrogen) atoms. The van der Waals surface area contributed by atoms with Crippen LogP contribution in [0.2, 0.25) is 0 Å². The molecule has 1 aliphatic heterocycles. The minimum absolute atomic E-state index is 0.313. The number of piperidine rings is 1. The fourth-order valence-corrected chi connectivity index (χ4v) is 2.63. The average molecular weight is 262 g/mol. The van der Waals surface area contributed by atoms with Crippen LogP contribution in [0.15, 0.2) is 18.3 Å². The van der Waals surface area contributed by atoms with Crippen LogP contribution in [-0.2, 0) is 0 Å². The molecule has 1 saturated heterocycles. The molecule has 0 aliphatic carbocycles. The first-order valence-electron chi connectivity index (χ1n) is 7.16. The smallest absolute Gasteiger partial charge is 0.0571 e. The Balaban J connectivity index is 1.96. The fraction of sp³-hybridized carbons (Fsp3) is 0.667. The van der Waals surface area contributed by atoms with E-state index >= 15 is 0 Å². The molecular weight excluding hydrogens is 236 g/mol. The Bertz CT molecular complexity index is 380. The number of pyridine rings is 1. The molecule has 0 spiro atoms. The number of rotatable bonds is 4. The number of hydrogen-bond donors (Lipinski definition) is 1. The Hall–Kier alpha value is -1.13. The van der Waals surface area contributed by atoms with E-state index in [9.17, 15) is 0 Å². The molecule has 2 rings (SSSR count). The molecule has 1 atom stereocenters. The second kappa shape index (κ2) is 6.35. The molecule has 0 bridgehead atoms. The summed E-state index contributed by atoms with van der Waals surface area (Å²) in [7, 11) is 6.32. The quantitative estimate of drug-likeness (QED) is 0.898. The largest absolute Gasteiger partial charge is 0.370 e. The van der Waals surface area contributed by atoms with Gasteiger partial charge in [-0.1, -0.05) is 0 Å². The van der Waals surface area contributed by atoms with Crippen LogP contribution in [0.4, 0.5) is 5.69 Å². The zero-order chi connectivity index (χ0) is 13.8. The van der Waals surface area contributed by atoms with E-state index in [0.717, 1.165) is 24.8 Å². The van der Waals surface area contributed by atoms with Gasteiger partial charge in [0.15, 0.2) is 0 Å². The number of aromatic nitrogens is 1. The van der Waals surface area contributed by atoms with Crippen LogP contribution in [0.1, 0.15) is 31.5 Å². The highest BCUT2D eigenvalue weighted by Crippen LogP contribution is 2.22. The van der Waals surface area contributed by atoms with Crippen LogP contribution >= 0.6 is 0 Å². The Morgan fingerprint density at radius 2 is 2.00 bits per heavy atom. The van der Waals surface area contributed by atoms with Crippen molar-refractivity contribution >= 4 is 5.69 Å². The molecule has 2 heterocycles. The maximum Gasteiger partial charge on any atom is 0.0571 e. The van der Waals surface area contributed by atoms with Crippen molar-refractivity contribution < 1.29 is 0 Å². The van der Waals surface area contributed by atoms with E-state index in [1.807, 2.05) is 13.2 Å². The molecule has 1 unspecified atom stereocenters. The lowest BCUT2D eigenvalue weighted by atomic mass is 10.0. The summed E-state index contributed by atoms with van der Waals surface area (Å²) in [6, 6.07) is 5.38. The Morgan fingerprint density at radius 3 is 2.47 bits per heavy atom. The summed E-state index contributed by atoms with van der Waals surface area (Å²) in [5.74, 6) is 0. The van der Waals surface area contributed by atoms with E-state index in [4.69, 9.17) is 0 Å². The van der Waals surface area contributed by atoms with Gasteiger partial charge in [-0.05, 0) is 53.0 Å². The maximum atomic E-state index is 4.56. The lowest BCUT2D eigenvalue weighted by Gasteiger charge is -2.36. The average Bonchev–Trinajstić information content (AvgIpc) is 2.46. The molecule has 0 aromatic carbocycles. The second-order valence-corrected chi connectivity index (χ2v) is 5.63. The van der Waals surface area contributed by atoms with Crippen molar-refractivity contribution in [3.05, 3.63) is 24.0 Å². The molecule has 0 saturated carbocycles. The van der Waals surface area contributed by atoms with Crippen molar-refractivity contribution in [2.75, 3.05) is 39.1 Å². The van der Waals surface area contributed by atoms with Crippen LogP contribution in [0.3, 0.4) is 0 Å². The SMILES string of the molecule is CNC(C)c1ccc(N2CCC(N(C)C)CC2)cn1. The monoisotopic (exact) mass is 262 g/mol. The first-order valence-corrected chi connectivity index (χ1v) is 7.16. The third-order valence-electron chi connectivity index (χ3n) is 4.21. The molecule has 1 aromatic heterocycles. The van der Waals surface area contributed by atoms with Gasteiger partial charge >= 0.3 is 0 Å². The predicted molar refractivity (Wildman–Crippen MR) is 80.6 cm³/mol. The standard InChI is InChI=1S/C15H26N4/c1-12(16-2)15-6-5-14(11-17-15)19-9-7-13(8-10-19)18(3)4/h5-6,11-13,16H,7-10H2,1-4H3. The summed E-state index contributed by atoms with van der Waals surface area (Å²) in [6.45, 7) is 4.39. The van der Waals surface area contributed by atoms with Gasteiger partial charge in [-0.3, -0.25) is 4.98 Å². The molecule has 1 fully saturated rings. The predicted octanol–water partition coefficient (Wildman–Crippen LogP) is 1.89. The summed E-state index contributed by atoms with van der Waals surface area (Å²) in [5, 5.41) is 3.22. The van der Waals surface area contributed by atoms with Crippen LogP contribution in [-0.4, -0.2) is 50.2 Å². The van der Waals surface area contributed by atoms with Crippen molar-refractivity contribution in [2.24, 2.45) is 0 Å². The topological polar surface area (TPSA) is 31.4 Å². The van der Waals surface area contributed by atoms with Crippen LogP contribution < -0.4 is 10.2 Å². The van der Waals surface area contributed by atoms with Gasteiger partial charge in [0.2, 0.25) is 0 Å². The zero-order valence-electron chi connectivity index (χ0n) is 12.6. The van der Waals surface area contributed by atoms with E-state index in [0.29, 0.717) is 6.04 Å². The van der Waals surface area contributed by atoms with Crippen LogP contribution in [0.5, 0.6) is 0 Å². The second-order valence-electron chi connectivity index (χ2n) is 5.63. The van der Waals surface area contributed by atoms with Crippen LogP contribution in [0, 0.1) is 0 Å². The summed E-state index contributed by atoms with van der Waals surface area (Å²) in [5.41, 5.74) is 2.36. The lowest BCUT2D eigenvalue weighted by Crippen LogP contribution is -2.42. The first kappa shape index (κ1) is 14.3. The van der Waals surface area contributed by atoms with Gasteiger partial charge in [-0.25, -0.2) is 0 Å². The maximum absolute atomic E-state index is 4.56. The summed E-state index contributed by atoms with van der Waals surface area (Å²) in [4.78, 5) is 9.35. The minimum atomic E-state index is 0.313. The van der Waals surface area contributed by atoms with E-state index in [-0.39, 0.29) is 0 Å². The normalized spacial score (nSPS) is 18.9. The highest BCUT2D eigenvalue weighted by Gasteiger charge is 2.20. The number of anilines is 1. The third kappa shape index (κ3) is 3.45. The van der Waals surface area contributed by atoms with Gasteiger partial charge in [0, 0.05) is 25.2 Å². The molecule has 1 aromatic rings. The highest BCUT2D eigenvalue weighted by atomic mass is 15.2. The molecule has 0 radical (unpaired) electrons. The zero-order valence-corrected chi connectivity index (χ0v) is 12.6. The molecule has 1 aliphatic rings. The Morgan fingerprint density at radius 1 is 1.32 bits per heavy atom. The summed E-state index contributed by atoms with van der Waals surface area (Å²) in [6.07, 6.45) is 4.49. The fourth-order valence-electron chi connectivity index (χ4n) is 2.63. The Labute approximate surface area is 116 Å². The highest BCUT2D eigenvalue weighted by molar-refractivity contribution is 5.45. The van der Waals surface area contributed by atoms with Crippen molar-refractivity contribution in [1.29, 1.82) is 0 Å². The Kier molecular flexibility index (Phi) is 4.77. The summed E-state index contributed by atoms with van der Waals surface area (Å²) >= 11 is 0. The molecule has 0 amide bonds. The van der Waals surface area contributed by atoms with Gasteiger partial charge in [0.1, 0.15) is 0 Å². The lowest BCUT2D eigenvalue weighted by molar-refractivity contribution is 0.249. The van der Waals surface area contributed by atoms with Crippen molar-refractivity contribution in [3.63, 3.8) is 0 Å². The van der Waals surface area contributed by atoms with Gasteiger partial charge in [0.25, 0.3) is 0 Å².